The second-order valence-corrected chi connectivity index (χ2v) is 7.50. The summed E-state index contributed by atoms with van der Waals surface area (Å²) in [5.74, 6) is 0.719. The minimum atomic E-state index is -3.50. The normalized spacial score (nSPS) is 11.8. The minimum Gasteiger partial charge on any atom is -0.490 e. The zero-order chi connectivity index (χ0) is 17.9. The van der Waals surface area contributed by atoms with Gasteiger partial charge >= 0.3 is 0 Å². The summed E-state index contributed by atoms with van der Waals surface area (Å²) in [7, 11) is -3.50. The van der Waals surface area contributed by atoms with Gasteiger partial charge in [0.2, 0.25) is 10.0 Å². The first kappa shape index (κ1) is 17.4. The highest BCUT2D eigenvalue weighted by Gasteiger charge is 2.13. The quantitative estimate of drug-likeness (QED) is 0.704. The molecule has 2 heterocycles. The Bertz CT molecular complexity index is 963. The molecule has 0 unspecified atom stereocenters. The van der Waals surface area contributed by atoms with Gasteiger partial charge in [-0.1, -0.05) is 17.7 Å². The summed E-state index contributed by atoms with van der Waals surface area (Å²) in [6.07, 6.45) is 4.28. The summed E-state index contributed by atoms with van der Waals surface area (Å²) in [4.78, 5) is 4.81. The van der Waals surface area contributed by atoms with E-state index in [-0.39, 0.29) is 11.4 Å². The molecule has 0 saturated heterocycles. The Hall–Kier alpha value is -2.38. The van der Waals surface area contributed by atoms with Crippen LogP contribution in [0.3, 0.4) is 0 Å². The van der Waals surface area contributed by atoms with Gasteiger partial charge in [-0.2, -0.15) is 0 Å². The smallest absolute Gasteiger partial charge is 0.240 e. The summed E-state index contributed by atoms with van der Waals surface area (Å²) in [5, 5.41) is 0. The molecule has 2 aromatic heterocycles. The lowest BCUT2D eigenvalue weighted by Gasteiger charge is -2.06. The van der Waals surface area contributed by atoms with Crippen LogP contribution in [-0.4, -0.2) is 31.0 Å². The van der Waals surface area contributed by atoms with E-state index >= 15 is 0 Å². The summed E-state index contributed by atoms with van der Waals surface area (Å²) >= 11 is 0. The number of pyridine rings is 1. The van der Waals surface area contributed by atoms with Crippen LogP contribution in [0.25, 0.3) is 5.65 Å². The van der Waals surface area contributed by atoms with Gasteiger partial charge in [-0.15, -0.1) is 0 Å². The van der Waals surface area contributed by atoms with Gasteiger partial charge in [0, 0.05) is 25.4 Å². The molecule has 0 radical (unpaired) electrons. The molecule has 132 valence electrons. The first-order chi connectivity index (χ1) is 12.0. The van der Waals surface area contributed by atoms with E-state index in [0.29, 0.717) is 13.0 Å². The van der Waals surface area contributed by atoms with Crippen LogP contribution in [0.15, 0.2) is 53.7 Å². The number of fused-ring (bicyclic) bond motifs is 1. The average molecular weight is 359 g/mol. The van der Waals surface area contributed by atoms with Crippen LogP contribution in [0.2, 0.25) is 0 Å². The second-order valence-electron chi connectivity index (χ2n) is 5.73. The Labute approximate surface area is 147 Å². The number of imidazole rings is 1. The maximum Gasteiger partial charge on any atom is 0.240 e. The van der Waals surface area contributed by atoms with Crippen LogP contribution in [0, 0.1) is 6.92 Å². The van der Waals surface area contributed by atoms with E-state index in [1.54, 1.807) is 24.3 Å². The van der Waals surface area contributed by atoms with Crippen molar-refractivity contribution in [2.45, 2.75) is 25.2 Å². The maximum atomic E-state index is 12.3. The molecular weight excluding hydrogens is 338 g/mol. The molecule has 1 N–H and O–H groups in total. The highest BCUT2D eigenvalue weighted by molar-refractivity contribution is 7.89. The summed E-state index contributed by atoms with van der Waals surface area (Å²) in [5.41, 5.74) is 2.56. The fourth-order valence-corrected chi connectivity index (χ4v) is 3.57. The molecular formula is C18H21N3O3S. The van der Waals surface area contributed by atoms with Crippen molar-refractivity contribution in [2.75, 3.05) is 13.2 Å². The van der Waals surface area contributed by atoms with Crippen LogP contribution >= 0.6 is 0 Å². The standard InChI is InChI=1S/C18H21N3O3S/c1-3-24-17-5-4-12-21-13-15(20-18(17)21)10-11-19-25(22,23)16-8-6-14(2)7-9-16/h4-9,12-13,19H,3,10-11H2,1-2H3. The molecule has 7 heteroatoms. The number of benzene rings is 1. The molecule has 3 aromatic rings. The van der Waals surface area contributed by atoms with Gasteiger partial charge in [-0.05, 0) is 38.1 Å². The molecule has 1 aromatic carbocycles. The highest BCUT2D eigenvalue weighted by atomic mass is 32.2. The third-order valence-corrected chi connectivity index (χ3v) is 5.28. The van der Waals surface area contributed by atoms with Gasteiger partial charge in [0.25, 0.3) is 0 Å². The lowest BCUT2D eigenvalue weighted by molar-refractivity contribution is 0.342. The largest absolute Gasteiger partial charge is 0.490 e. The van der Waals surface area contributed by atoms with Crippen molar-refractivity contribution >= 4 is 15.7 Å². The molecule has 0 aliphatic heterocycles. The Morgan fingerprint density at radius 3 is 2.68 bits per heavy atom. The van der Waals surface area contributed by atoms with Crippen molar-refractivity contribution in [1.29, 1.82) is 0 Å². The van der Waals surface area contributed by atoms with E-state index < -0.39 is 10.0 Å². The predicted molar refractivity (Wildman–Crippen MR) is 96.4 cm³/mol. The monoisotopic (exact) mass is 359 g/mol. The molecule has 0 bridgehead atoms. The van der Waals surface area contributed by atoms with Crippen molar-refractivity contribution in [3.8, 4) is 5.75 Å². The number of aromatic nitrogens is 2. The molecule has 0 spiro atoms. The minimum absolute atomic E-state index is 0.270. The van der Waals surface area contributed by atoms with Gasteiger partial charge < -0.3 is 9.14 Å². The second kappa shape index (κ2) is 7.25. The third kappa shape index (κ3) is 4.00. The first-order valence-electron chi connectivity index (χ1n) is 8.15. The Kier molecular flexibility index (Phi) is 5.06. The van der Waals surface area contributed by atoms with Crippen molar-refractivity contribution in [2.24, 2.45) is 0 Å². The maximum absolute atomic E-state index is 12.3. The number of sulfonamides is 1. The van der Waals surface area contributed by atoms with Crippen molar-refractivity contribution < 1.29 is 13.2 Å². The van der Waals surface area contributed by atoms with Gasteiger partial charge in [0.1, 0.15) is 0 Å². The molecule has 25 heavy (non-hydrogen) atoms. The predicted octanol–water partition coefficient (Wildman–Crippen LogP) is 2.56. The summed E-state index contributed by atoms with van der Waals surface area (Å²) < 4.78 is 34.6. The molecule has 0 aliphatic carbocycles. The third-order valence-electron chi connectivity index (χ3n) is 3.80. The summed E-state index contributed by atoms with van der Waals surface area (Å²) in [6, 6.07) is 10.5. The van der Waals surface area contributed by atoms with Crippen LogP contribution in [0.5, 0.6) is 5.75 Å². The van der Waals surface area contributed by atoms with E-state index in [9.17, 15) is 8.42 Å². The van der Waals surface area contributed by atoms with E-state index in [1.165, 1.54) is 0 Å². The number of ether oxygens (including phenoxy) is 1. The zero-order valence-corrected chi connectivity index (χ0v) is 15.1. The summed E-state index contributed by atoms with van der Waals surface area (Å²) in [6.45, 7) is 4.69. The zero-order valence-electron chi connectivity index (χ0n) is 14.3. The van der Waals surface area contributed by atoms with Crippen LogP contribution < -0.4 is 9.46 Å². The Balaban J connectivity index is 1.68. The average Bonchev–Trinajstić information content (AvgIpc) is 2.99. The van der Waals surface area contributed by atoms with Crippen LogP contribution in [0.4, 0.5) is 0 Å². The Morgan fingerprint density at radius 2 is 1.96 bits per heavy atom. The molecule has 6 nitrogen and oxygen atoms in total. The van der Waals surface area contributed by atoms with Crippen LogP contribution in [-0.2, 0) is 16.4 Å². The van der Waals surface area contributed by atoms with Gasteiger partial charge in [0.15, 0.2) is 11.4 Å². The number of hydrogen-bond acceptors (Lipinski definition) is 4. The van der Waals surface area contributed by atoms with Crippen molar-refractivity contribution in [1.82, 2.24) is 14.1 Å². The van der Waals surface area contributed by atoms with E-state index in [2.05, 4.69) is 9.71 Å². The fourth-order valence-electron chi connectivity index (χ4n) is 2.54. The lowest BCUT2D eigenvalue weighted by Crippen LogP contribution is -2.26. The number of aryl methyl sites for hydroxylation is 1. The number of hydrogen-bond donors (Lipinski definition) is 1. The van der Waals surface area contributed by atoms with Gasteiger partial charge in [-0.25, -0.2) is 18.1 Å². The molecule has 0 fully saturated rings. The molecule has 0 atom stereocenters. The lowest BCUT2D eigenvalue weighted by atomic mass is 10.2. The van der Waals surface area contributed by atoms with E-state index in [4.69, 9.17) is 4.74 Å². The fraction of sp³-hybridized carbons (Fsp3) is 0.278. The molecule has 0 amide bonds. The number of rotatable bonds is 7. The molecule has 0 aliphatic rings. The Morgan fingerprint density at radius 1 is 1.20 bits per heavy atom. The highest BCUT2D eigenvalue weighted by Crippen LogP contribution is 2.19. The molecule has 3 rings (SSSR count). The van der Waals surface area contributed by atoms with Crippen molar-refractivity contribution in [3.63, 3.8) is 0 Å². The van der Waals surface area contributed by atoms with E-state index in [1.807, 2.05) is 42.8 Å². The SMILES string of the molecule is CCOc1cccn2cc(CCNS(=O)(=O)c3ccc(C)cc3)nc12. The van der Waals surface area contributed by atoms with Crippen LogP contribution in [0.1, 0.15) is 18.2 Å². The van der Waals surface area contributed by atoms with Gasteiger partial charge in [-0.3, -0.25) is 0 Å². The van der Waals surface area contributed by atoms with E-state index in [0.717, 1.165) is 22.7 Å². The van der Waals surface area contributed by atoms with Crippen molar-refractivity contribution in [3.05, 3.63) is 60.0 Å². The first-order valence-corrected chi connectivity index (χ1v) is 9.63. The number of nitrogens with zero attached hydrogens (tertiary/aromatic N) is 2. The molecule has 0 saturated carbocycles. The topological polar surface area (TPSA) is 72.7 Å². The number of nitrogens with one attached hydrogen (secondary N) is 1. The van der Waals surface area contributed by atoms with Gasteiger partial charge in [0.05, 0.1) is 17.2 Å².